The van der Waals surface area contributed by atoms with Crippen LogP contribution in [0.5, 0.6) is 0 Å². The van der Waals surface area contributed by atoms with Crippen LogP contribution in [-0.2, 0) is 11.2 Å². The summed E-state index contributed by atoms with van der Waals surface area (Å²) in [7, 11) is 1.72. The number of aromatic nitrogens is 2. The number of rotatable bonds is 10. The van der Waals surface area contributed by atoms with Crippen molar-refractivity contribution in [2.24, 2.45) is 11.3 Å². The summed E-state index contributed by atoms with van der Waals surface area (Å²) in [5.41, 5.74) is 1.46. The minimum Gasteiger partial charge on any atom is -0.383 e. The topological polar surface area (TPSA) is 82.9 Å². The standard InChI is InChI=1S/C26H33F2N5O/c1-17(14-34-2)33-20-5-3-18(4-6-20)9-21-11-22(23(27)13-30-21)19-10-24(25(28)31-12-19)32-16-26(15-29)7-8-26/h10-13,17-18,20,32-33H,3-9,14,16H2,1-2H3/t17-,18?,20?/m0/s1. The Morgan fingerprint density at radius 2 is 1.94 bits per heavy atom. The van der Waals surface area contributed by atoms with E-state index >= 15 is 0 Å². The van der Waals surface area contributed by atoms with Gasteiger partial charge in [0, 0.05) is 48.8 Å². The Kier molecular flexibility index (Phi) is 7.74. The molecule has 0 spiro atoms. The summed E-state index contributed by atoms with van der Waals surface area (Å²) >= 11 is 0. The van der Waals surface area contributed by atoms with Crippen molar-refractivity contribution in [3.05, 3.63) is 42.0 Å². The minimum atomic E-state index is -0.655. The van der Waals surface area contributed by atoms with Crippen LogP contribution in [0.2, 0.25) is 0 Å². The van der Waals surface area contributed by atoms with Crippen molar-refractivity contribution in [2.45, 2.75) is 64.0 Å². The predicted octanol–water partition coefficient (Wildman–Crippen LogP) is 4.86. The first-order valence-corrected chi connectivity index (χ1v) is 12.1. The van der Waals surface area contributed by atoms with E-state index in [0.717, 1.165) is 50.6 Å². The van der Waals surface area contributed by atoms with E-state index in [2.05, 4.69) is 33.6 Å². The summed E-state index contributed by atoms with van der Waals surface area (Å²) < 4.78 is 34.1. The van der Waals surface area contributed by atoms with Gasteiger partial charge in [-0.3, -0.25) is 4.98 Å². The second kappa shape index (κ2) is 10.7. The maximum atomic E-state index is 14.7. The van der Waals surface area contributed by atoms with Gasteiger partial charge in [-0.25, -0.2) is 9.37 Å². The molecule has 1 atom stereocenters. The van der Waals surface area contributed by atoms with Gasteiger partial charge in [-0.15, -0.1) is 0 Å². The molecule has 8 heteroatoms. The Balaban J connectivity index is 1.40. The van der Waals surface area contributed by atoms with Crippen molar-refractivity contribution < 1.29 is 13.5 Å². The van der Waals surface area contributed by atoms with Gasteiger partial charge in [0.2, 0.25) is 5.95 Å². The van der Waals surface area contributed by atoms with Crippen molar-refractivity contribution >= 4 is 5.69 Å². The molecule has 2 aromatic rings. The molecule has 2 heterocycles. The molecule has 2 saturated carbocycles. The first kappa shape index (κ1) is 24.5. The highest BCUT2D eigenvalue weighted by Gasteiger charge is 2.43. The second-order valence-electron chi connectivity index (χ2n) is 9.91. The highest BCUT2D eigenvalue weighted by atomic mass is 19.1. The first-order chi connectivity index (χ1) is 16.4. The zero-order valence-electron chi connectivity index (χ0n) is 19.9. The van der Waals surface area contributed by atoms with Crippen LogP contribution >= 0.6 is 0 Å². The fourth-order valence-corrected chi connectivity index (χ4v) is 4.81. The third-order valence-corrected chi connectivity index (χ3v) is 7.05. The number of hydrogen-bond acceptors (Lipinski definition) is 6. The van der Waals surface area contributed by atoms with Crippen LogP contribution < -0.4 is 10.6 Å². The smallest absolute Gasteiger partial charge is 0.236 e. The van der Waals surface area contributed by atoms with Crippen LogP contribution in [0.3, 0.4) is 0 Å². The monoisotopic (exact) mass is 469 g/mol. The van der Waals surface area contributed by atoms with Crippen molar-refractivity contribution in [1.29, 1.82) is 5.26 Å². The van der Waals surface area contributed by atoms with E-state index in [1.54, 1.807) is 19.2 Å². The molecule has 2 aromatic heterocycles. The molecule has 0 saturated heterocycles. The highest BCUT2D eigenvalue weighted by Crippen LogP contribution is 2.45. The van der Waals surface area contributed by atoms with Gasteiger partial charge in [0.1, 0.15) is 5.82 Å². The summed E-state index contributed by atoms with van der Waals surface area (Å²) in [4.78, 5) is 8.14. The molecule has 0 radical (unpaired) electrons. The van der Waals surface area contributed by atoms with Crippen LogP contribution in [0.15, 0.2) is 24.5 Å². The lowest BCUT2D eigenvalue weighted by Crippen LogP contribution is -2.41. The Labute approximate surface area is 200 Å². The maximum Gasteiger partial charge on any atom is 0.236 e. The molecule has 0 aromatic carbocycles. The SMILES string of the molecule is COC[C@H](C)NC1CCC(Cc2cc(-c3cnc(F)c(NCC4(C#N)CC4)c3)c(F)cn2)CC1. The Hall–Kier alpha value is -2.63. The number of halogens is 2. The van der Waals surface area contributed by atoms with E-state index in [1.807, 2.05) is 0 Å². The molecule has 34 heavy (non-hydrogen) atoms. The molecule has 2 aliphatic carbocycles. The summed E-state index contributed by atoms with van der Waals surface area (Å²) in [6.07, 6.45) is 9.39. The van der Waals surface area contributed by atoms with Crippen molar-refractivity contribution in [3.8, 4) is 17.2 Å². The first-order valence-electron chi connectivity index (χ1n) is 12.1. The number of nitrogens with one attached hydrogen (secondary N) is 2. The zero-order chi connectivity index (χ0) is 24.1. The largest absolute Gasteiger partial charge is 0.383 e. The minimum absolute atomic E-state index is 0.185. The molecule has 6 nitrogen and oxygen atoms in total. The van der Waals surface area contributed by atoms with Gasteiger partial charge in [0.05, 0.1) is 30.0 Å². The van der Waals surface area contributed by atoms with E-state index in [9.17, 15) is 14.0 Å². The van der Waals surface area contributed by atoms with Gasteiger partial charge < -0.3 is 15.4 Å². The molecule has 4 rings (SSSR count). The molecular formula is C26H33F2N5O. The summed E-state index contributed by atoms with van der Waals surface area (Å²) in [5, 5.41) is 15.9. The number of pyridine rings is 2. The van der Waals surface area contributed by atoms with E-state index < -0.39 is 17.2 Å². The molecular weight excluding hydrogens is 436 g/mol. The normalized spacial score (nSPS) is 22.1. The van der Waals surface area contributed by atoms with Crippen molar-refractivity contribution in [3.63, 3.8) is 0 Å². The van der Waals surface area contributed by atoms with Crippen LogP contribution in [0.4, 0.5) is 14.5 Å². The molecule has 2 aliphatic rings. The zero-order valence-corrected chi connectivity index (χ0v) is 19.9. The van der Waals surface area contributed by atoms with Gasteiger partial charge >= 0.3 is 0 Å². The lowest BCUT2D eigenvalue weighted by Gasteiger charge is -2.31. The number of nitriles is 1. The molecule has 182 valence electrons. The molecule has 0 amide bonds. The number of nitrogens with zero attached hydrogens (tertiary/aromatic N) is 3. The van der Waals surface area contributed by atoms with Crippen LogP contribution in [0.25, 0.3) is 11.1 Å². The average Bonchev–Trinajstić information content (AvgIpc) is 3.62. The van der Waals surface area contributed by atoms with Gasteiger partial charge in [0.25, 0.3) is 0 Å². The van der Waals surface area contributed by atoms with E-state index in [4.69, 9.17) is 4.74 Å². The molecule has 2 N–H and O–H groups in total. The summed E-state index contributed by atoms with van der Waals surface area (Å²) in [6.45, 7) is 3.20. The summed E-state index contributed by atoms with van der Waals surface area (Å²) in [5.74, 6) is -0.609. The molecule has 0 bridgehead atoms. The maximum absolute atomic E-state index is 14.7. The van der Waals surface area contributed by atoms with Crippen molar-refractivity contribution in [1.82, 2.24) is 15.3 Å². The third-order valence-electron chi connectivity index (χ3n) is 7.05. The van der Waals surface area contributed by atoms with Crippen LogP contribution in [0, 0.1) is 34.4 Å². The van der Waals surface area contributed by atoms with Gasteiger partial charge in [-0.1, -0.05) is 0 Å². The Morgan fingerprint density at radius 3 is 2.62 bits per heavy atom. The Morgan fingerprint density at radius 1 is 1.18 bits per heavy atom. The van der Waals surface area contributed by atoms with Crippen molar-refractivity contribution in [2.75, 3.05) is 25.6 Å². The van der Waals surface area contributed by atoms with Gasteiger partial charge in [-0.2, -0.15) is 9.65 Å². The fraction of sp³-hybridized carbons (Fsp3) is 0.577. The van der Waals surface area contributed by atoms with E-state index in [-0.39, 0.29) is 5.69 Å². The number of anilines is 1. The van der Waals surface area contributed by atoms with Crippen LogP contribution in [0.1, 0.15) is 51.1 Å². The fourth-order valence-electron chi connectivity index (χ4n) is 4.81. The Bertz CT molecular complexity index is 1030. The molecule has 2 fully saturated rings. The molecule has 0 unspecified atom stereocenters. The van der Waals surface area contributed by atoms with E-state index in [0.29, 0.717) is 42.3 Å². The van der Waals surface area contributed by atoms with Gasteiger partial charge in [0.15, 0.2) is 0 Å². The van der Waals surface area contributed by atoms with Crippen LogP contribution in [-0.4, -0.2) is 42.3 Å². The van der Waals surface area contributed by atoms with E-state index in [1.165, 1.54) is 12.4 Å². The third kappa shape index (κ3) is 6.08. The number of hydrogen-bond donors (Lipinski definition) is 2. The quantitative estimate of drug-likeness (QED) is 0.484. The lowest BCUT2D eigenvalue weighted by molar-refractivity contribution is 0.158. The molecule has 0 aliphatic heterocycles. The number of methoxy groups -OCH3 is 1. The lowest BCUT2D eigenvalue weighted by atomic mass is 9.83. The second-order valence-corrected chi connectivity index (χ2v) is 9.91. The summed E-state index contributed by atoms with van der Waals surface area (Å²) in [6, 6.07) is 6.45. The number of ether oxygens (including phenoxy) is 1. The average molecular weight is 470 g/mol. The predicted molar refractivity (Wildman–Crippen MR) is 127 cm³/mol. The van der Waals surface area contributed by atoms with Gasteiger partial charge in [-0.05, 0) is 69.9 Å². The highest BCUT2D eigenvalue weighted by molar-refractivity contribution is 5.67.